The molecule has 0 aliphatic carbocycles. The van der Waals surface area contributed by atoms with Gasteiger partial charge in [0.25, 0.3) is 0 Å². The van der Waals surface area contributed by atoms with E-state index in [1.807, 2.05) is 0 Å². The third-order valence-corrected chi connectivity index (χ3v) is 2.82. The highest BCUT2D eigenvalue weighted by Crippen LogP contribution is 2.19. The highest BCUT2D eigenvalue weighted by molar-refractivity contribution is 5.67. The van der Waals surface area contributed by atoms with Gasteiger partial charge in [-0.2, -0.15) is 0 Å². The first-order valence-electron chi connectivity index (χ1n) is 5.77. The molecule has 2 N–H and O–H groups in total. The number of hydrogen-bond donors (Lipinski definition) is 2. The maximum Gasteiger partial charge on any atom is 0.304 e. The molecule has 0 bridgehead atoms. The van der Waals surface area contributed by atoms with Gasteiger partial charge in [0.05, 0.1) is 13.0 Å². The second-order valence-corrected chi connectivity index (χ2v) is 4.14. The zero-order chi connectivity index (χ0) is 11.1. The smallest absolute Gasteiger partial charge is 0.304 e. The largest absolute Gasteiger partial charge is 0.481 e. The number of aliphatic carboxylic acids is 1. The lowest BCUT2D eigenvalue weighted by atomic mass is 9.91. The molecule has 1 saturated heterocycles. The van der Waals surface area contributed by atoms with E-state index in [0.717, 1.165) is 32.4 Å². The van der Waals surface area contributed by atoms with Gasteiger partial charge in [0, 0.05) is 12.6 Å². The average molecular weight is 215 g/mol. The van der Waals surface area contributed by atoms with Gasteiger partial charge in [-0.25, -0.2) is 0 Å². The van der Waals surface area contributed by atoms with E-state index < -0.39 is 5.97 Å². The van der Waals surface area contributed by atoms with Crippen LogP contribution in [0.15, 0.2) is 0 Å². The summed E-state index contributed by atoms with van der Waals surface area (Å²) in [4.78, 5) is 10.7. The van der Waals surface area contributed by atoms with Gasteiger partial charge < -0.3 is 15.2 Å². The molecule has 15 heavy (non-hydrogen) atoms. The topological polar surface area (TPSA) is 58.6 Å². The summed E-state index contributed by atoms with van der Waals surface area (Å²) in [6.07, 6.45) is 3.36. The van der Waals surface area contributed by atoms with Gasteiger partial charge in [-0.1, -0.05) is 6.92 Å². The van der Waals surface area contributed by atoms with E-state index in [-0.39, 0.29) is 12.5 Å². The van der Waals surface area contributed by atoms with Crippen LogP contribution in [0.2, 0.25) is 0 Å². The molecule has 1 aliphatic heterocycles. The Kier molecular flexibility index (Phi) is 5.65. The van der Waals surface area contributed by atoms with Crippen LogP contribution in [0.4, 0.5) is 0 Å². The molecule has 0 aromatic heterocycles. The van der Waals surface area contributed by atoms with Crippen molar-refractivity contribution in [2.24, 2.45) is 5.92 Å². The molecule has 1 fully saturated rings. The van der Waals surface area contributed by atoms with Crippen LogP contribution in [0.5, 0.6) is 0 Å². The molecular formula is C11H21NO3. The molecule has 4 heteroatoms. The van der Waals surface area contributed by atoms with Gasteiger partial charge in [0.15, 0.2) is 0 Å². The molecule has 88 valence electrons. The van der Waals surface area contributed by atoms with Gasteiger partial charge in [0.2, 0.25) is 0 Å². The highest BCUT2D eigenvalue weighted by atomic mass is 16.5. The fourth-order valence-corrected chi connectivity index (χ4v) is 2.01. The zero-order valence-electron chi connectivity index (χ0n) is 9.37. The molecule has 0 amide bonds. The standard InChI is InChI=1S/C11H21NO3/c1-2-5-12-10(7-11(13)14)9-4-3-6-15-8-9/h9-10,12H,2-8H2,1H3,(H,13,14). The fourth-order valence-electron chi connectivity index (χ4n) is 2.01. The molecule has 2 unspecified atom stereocenters. The zero-order valence-corrected chi connectivity index (χ0v) is 9.37. The Bertz CT molecular complexity index is 190. The summed E-state index contributed by atoms with van der Waals surface area (Å²) in [6.45, 7) is 4.50. The van der Waals surface area contributed by atoms with Gasteiger partial charge in [0.1, 0.15) is 0 Å². The Morgan fingerprint density at radius 3 is 3.00 bits per heavy atom. The SMILES string of the molecule is CCCNC(CC(=O)O)C1CCCOC1. The van der Waals surface area contributed by atoms with Crippen molar-refractivity contribution in [3.05, 3.63) is 0 Å². The van der Waals surface area contributed by atoms with E-state index in [1.54, 1.807) is 0 Å². The van der Waals surface area contributed by atoms with Gasteiger partial charge in [-0.3, -0.25) is 4.79 Å². The van der Waals surface area contributed by atoms with Crippen molar-refractivity contribution < 1.29 is 14.6 Å². The Balaban J connectivity index is 2.41. The maximum atomic E-state index is 10.7. The average Bonchev–Trinajstić information content (AvgIpc) is 2.25. The summed E-state index contributed by atoms with van der Waals surface area (Å²) >= 11 is 0. The Labute approximate surface area is 91.0 Å². The fraction of sp³-hybridized carbons (Fsp3) is 0.909. The predicted molar refractivity (Wildman–Crippen MR) is 57.9 cm³/mol. The van der Waals surface area contributed by atoms with Gasteiger partial charge >= 0.3 is 5.97 Å². The maximum absolute atomic E-state index is 10.7. The molecule has 1 aliphatic rings. The lowest BCUT2D eigenvalue weighted by molar-refractivity contribution is -0.138. The van der Waals surface area contributed by atoms with E-state index in [2.05, 4.69) is 12.2 Å². The Morgan fingerprint density at radius 2 is 2.47 bits per heavy atom. The Hall–Kier alpha value is -0.610. The third kappa shape index (κ3) is 4.62. The minimum absolute atomic E-state index is 0.0720. The molecule has 4 nitrogen and oxygen atoms in total. The van der Waals surface area contributed by atoms with Crippen LogP contribution in [0.3, 0.4) is 0 Å². The second-order valence-electron chi connectivity index (χ2n) is 4.14. The van der Waals surface area contributed by atoms with Crippen molar-refractivity contribution in [1.29, 1.82) is 0 Å². The number of carbonyl (C=O) groups is 1. The molecular weight excluding hydrogens is 194 g/mol. The van der Waals surface area contributed by atoms with Crippen LogP contribution < -0.4 is 5.32 Å². The lowest BCUT2D eigenvalue weighted by Crippen LogP contribution is -2.42. The van der Waals surface area contributed by atoms with Crippen molar-refractivity contribution in [1.82, 2.24) is 5.32 Å². The van der Waals surface area contributed by atoms with Crippen LogP contribution in [-0.2, 0) is 9.53 Å². The summed E-state index contributed by atoms with van der Waals surface area (Å²) in [5.74, 6) is -0.365. The molecule has 0 radical (unpaired) electrons. The molecule has 0 saturated carbocycles. The summed E-state index contributed by atoms with van der Waals surface area (Å²) in [7, 11) is 0. The van der Waals surface area contributed by atoms with E-state index >= 15 is 0 Å². The minimum Gasteiger partial charge on any atom is -0.481 e. The van der Waals surface area contributed by atoms with Crippen LogP contribution >= 0.6 is 0 Å². The highest BCUT2D eigenvalue weighted by Gasteiger charge is 2.25. The first-order chi connectivity index (χ1) is 7.24. The first kappa shape index (κ1) is 12.5. The van der Waals surface area contributed by atoms with E-state index in [4.69, 9.17) is 9.84 Å². The van der Waals surface area contributed by atoms with Crippen molar-refractivity contribution in [2.45, 2.75) is 38.6 Å². The predicted octanol–water partition coefficient (Wildman–Crippen LogP) is 1.26. The Morgan fingerprint density at radius 1 is 1.67 bits per heavy atom. The number of hydrogen-bond acceptors (Lipinski definition) is 3. The summed E-state index contributed by atoms with van der Waals surface area (Å²) in [5.41, 5.74) is 0. The summed E-state index contributed by atoms with van der Waals surface area (Å²) in [5, 5.41) is 12.1. The monoisotopic (exact) mass is 215 g/mol. The normalized spacial score (nSPS) is 23.7. The summed E-state index contributed by atoms with van der Waals surface area (Å²) in [6, 6.07) is 0.0720. The van der Waals surface area contributed by atoms with Crippen LogP contribution in [-0.4, -0.2) is 36.9 Å². The number of carboxylic acid groups (broad SMARTS) is 1. The van der Waals surface area contributed by atoms with E-state index in [0.29, 0.717) is 12.5 Å². The van der Waals surface area contributed by atoms with Crippen LogP contribution in [0, 0.1) is 5.92 Å². The van der Waals surface area contributed by atoms with Crippen molar-refractivity contribution >= 4 is 5.97 Å². The quantitative estimate of drug-likeness (QED) is 0.700. The number of ether oxygens (including phenoxy) is 1. The molecule has 0 spiro atoms. The van der Waals surface area contributed by atoms with Gasteiger partial charge in [-0.05, 0) is 31.7 Å². The first-order valence-corrected chi connectivity index (χ1v) is 5.77. The van der Waals surface area contributed by atoms with Gasteiger partial charge in [-0.15, -0.1) is 0 Å². The molecule has 2 atom stereocenters. The molecule has 1 heterocycles. The van der Waals surface area contributed by atoms with E-state index in [1.165, 1.54) is 0 Å². The van der Waals surface area contributed by atoms with Crippen molar-refractivity contribution in [2.75, 3.05) is 19.8 Å². The number of nitrogens with one attached hydrogen (secondary N) is 1. The molecule has 0 aromatic carbocycles. The number of rotatable bonds is 6. The minimum atomic E-state index is -0.728. The second kappa shape index (κ2) is 6.80. The lowest BCUT2D eigenvalue weighted by Gasteiger charge is -2.30. The van der Waals surface area contributed by atoms with Crippen molar-refractivity contribution in [3.63, 3.8) is 0 Å². The third-order valence-electron chi connectivity index (χ3n) is 2.82. The van der Waals surface area contributed by atoms with Crippen LogP contribution in [0.1, 0.15) is 32.6 Å². The summed E-state index contributed by atoms with van der Waals surface area (Å²) < 4.78 is 5.39. The molecule has 1 rings (SSSR count). The van der Waals surface area contributed by atoms with Crippen LogP contribution in [0.25, 0.3) is 0 Å². The molecule has 0 aromatic rings. The number of carboxylic acids is 1. The van der Waals surface area contributed by atoms with E-state index in [9.17, 15) is 4.79 Å². The van der Waals surface area contributed by atoms with Crippen molar-refractivity contribution in [3.8, 4) is 0 Å².